The van der Waals surface area contributed by atoms with Gasteiger partial charge in [-0.2, -0.15) is 0 Å². The van der Waals surface area contributed by atoms with E-state index in [-0.39, 0.29) is 18.7 Å². The summed E-state index contributed by atoms with van der Waals surface area (Å²) in [7, 11) is -3.20. The molecule has 0 heterocycles. The van der Waals surface area contributed by atoms with E-state index in [1.165, 1.54) is 0 Å². The van der Waals surface area contributed by atoms with Crippen molar-refractivity contribution in [3.05, 3.63) is 35.4 Å². The summed E-state index contributed by atoms with van der Waals surface area (Å²) in [4.78, 5) is 10.5. The first-order valence-corrected chi connectivity index (χ1v) is 7.35. The number of carbonyl (C=O) groups is 1. The molecule has 0 saturated carbocycles. The van der Waals surface area contributed by atoms with Gasteiger partial charge in [0.25, 0.3) is 0 Å². The summed E-state index contributed by atoms with van der Waals surface area (Å²) in [5.74, 6) is -0.768. The van der Waals surface area contributed by atoms with Gasteiger partial charge < -0.3 is 5.11 Å². The Kier molecular flexibility index (Phi) is 5.30. The van der Waals surface area contributed by atoms with Gasteiger partial charge in [-0.05, 0) is 17.5 Å². The molecule has 2 N–H and O–H groups in total. The molecule has 100 valence electrons. The van der Waals surface area contributed by atoms with Crippen molar-refractivity contribution in [2.75, 3.05) is 5.75 Å². The monoisotopic (exact) mass is 271 g/mol. The molecule has 0 amide bonds. The number of hydrogen-bond acceptors (Lipinski definition) is 3. The average Bonchev–Trinajstić information content (AvgIpc) is 2.27. The van der Waals surface area contributed by atoms with Crippen LogP contribution in [-0.2, 0) is 27.8 Å². The molecule has 1 rings (SSSR count). The van der Waals surface area contributed by atoms with E-state index in [1.54, 1.807) is 31.2 Å². The third-order valence-corrected chi connectivity index (χ3v) is 3.88. The van der Waals surface area contributed by atoms with Crippen LogP contribution >= 0.6 is 0 Å². The smallest absolute Gasteiger partial charge is 0.307 e. The Morgan fingerprint density at radius 1 is 1.22 bits per heavy atom. The van der Waals surface area contributed by atoms with Crippen molar-refractivity contribution in [2.45, 2.75) is 26.3 Å². The summed E-state index contributed by atoms with van der Waals surface area (Å²) in [5.41, 5.74) is 1.51. The Morgan fingerprint density at radius 3 is 2.28 bits per heavy atom. The maximum absolute atomic E-state index is 11.4. The SMILES string of the molecule is CCCS(=O)(=O)NCc1ccc(CC(=O)O)cc1. The number of nitrogens with one attached hydrogen (secondary N) is 1. The minimum atomic E-state index is -3.20. The first-order valence-electron chi connectivity index (χ1n) is 5.70. The fourth-order valence-corrected chi connectivity index (χ4v) is 2.55. The second kappa shape index (κ2) is 6.51. The van der Waals surface area contributed by atoms with Crippen LogP contribution in [0.15, 0.2) is 24.3 Å². The van der Waals surface area contributed by atoms with E-state index in [0.717, 1.165) is 5.56 Å². The summed E-state index contributed by atoms with van der Waals surface area (Å²) in [6.07, 6.45) is 0.550. The van der Waals surface area contributed by atoms with Crippen molar-refractivity contribution >= 4 is 16.0 Å². The summed E-state index contributed by atoms with van der Waals surface area (Å²) in [5, 5.41) is 8.61. The number of rotatable bonds is 7. The van der Waals surface area contributed by atoms with Crippen molar-refractivity contribution in [1.82, 2.24) is 4.72 Å². The van der Waals surface area contributed by atoms with E-state index >= 15 is 0 Å². The van der Waals surface area contributed by atoms with Crippen LogP contribution in [0.3, 0.4) is 0 Å². The fourth-order valence-electron chi connectivity index (χ4n) is 1.48. The number of carboxylic acid groups (broad SMARTS) is 1. The topological polar surface area (TPSA) is 83.5 Å². The highest BCUT2D eigenvalue weighted by molar-refractivity contribution is 7.89. The van der Waals surface area contributed by atoms with Crippen LogP contribution < -0.4 is 4.72 Å². The van der Waals surface area contributed by atoms with Crippen LogP contribution in [0.2, 0.25) is 0 Å². The van der Waals surface area contributed by atoms with Gasteiger partial charge >= 0.3 is 5.97 Å². The van der Waals surface area contributed by atoms with Gasteiger partial charge in [0.1, 0.15) is 0 Å². The van der Waals surface area contributed by atoms with Gasteiger partial charge in [-0.3, -0.25) is 4.79 Å². The first-order chi connectivity index (χ1) is 8.43. The zero-order valence-corrected chi connectivity index (χ0v) is 11.0. The van der Waals surface area contributed by atoms with Crippen molar-refractivity contribution < 1.29 is 18.3 Å². The van der Waals surface area contributed by atoms with Gasteiger partial charge in [-0.1, -0.05) is 31.2 Å². The molecule has 0 aliphatic rings. The van der Waals surface area contributed by atoms with Crippen LogP contribution in [0, 0.1) is 0 Å². The van der Waals surface area contributed by atoms with Crippen molar-refractivity contribution in [3.8, 4) is 0 Å². The molecule has 0 atom stereocenters. The molecular formula is C12H17NO4S. The van der Waals surface area contributed by atoms with Gasteiger partial charge in [0.05, 0.1) is 12.2 Å². The van der Waals surface area contributed by atoms with Gasteiger partial charge in [-0.15, -0.1) is 0 Å². The lowest BCUT2D eigenvalue weighted by molar-refractivity contribution is -0.136. The third-order valence-electron chi connectivity index (χ3n) is 2.35. The second-order valence-corrected chi connectivity index (χ2v) is 5.95. The second-order valence-electron chi connectivity index (χ2n) is 4.03. The summed E-state index contributed by atoms with van der Waals surface area (Å²) >= 11 is 0. The number of hydrogen-bond donors (Lipinski definition) is 2. The molecule has 0 aromatic heterocycles. The van der Waals surface area contributed by atoms with Gasteiger partial charge in [0.2, 0.25) is 10.0 Å². The van der Waals surface area contributed by atoms with Crippen LogP contribution in [0.5, 0.6) is 0 Å². The number of benzene rings is 1. The molecule has 0 spiro atoms. The zero-order valence-electron chi connectivity index (χ0n) is 10.2. The number of carboxylic acids is 1. The molecule has 1 aromatic carbocycles. The van der Waals surface area contributed by atoms with Gasteiger partial charge in [0.15, 0.2) is 0 Å². The summed E-state index contributed by atoms with van der Waals surface area (Å²) < 4.78 is 25.3. The number of aliphatic carboxylic acids is 1. The lowest BCUT2D eigenvalue weighted by Crippen LogP contribution is -2.25. The molecule has 0 aliphatic heterocycles. The fraction of sp³-hybridized carbons (Fsp3) is 0.417. The Morgan fingerprint density at radius 2 is 1.78 bits per heavy atom. The zero-order chi connectivity index (χ0) is 13.6. The summed E-state index contributed by atoms with van der Waals surface area (Å²) in [6.45, 7) is 2.04. The highest BCUT2D eigenvalue weighted by atomic mass is 32.2. The lowest BCUT2D eigenvalue weighted by atomic mass is 10.1. The lowest BCUT2D eigenvalue weighted by Gasteiger charge is -2.06. The molecule has 6 heteroatoms. The maximum atomic E-state index is 11.4. The Balaban J connectivity index is 2.56. The van der Waals surface area contributed by atoms with Crippen LogP contribution in [0.4, 0.5) is 0 Å². The minimum absolute atomic E-state index is 0.0260. The van der Waals surface area contributed by atoms with Crippen molar-refractivity contribution in [1.29, 1.82) is 0 Å². The van der Waals surface area contributed by atoms with E-state index in [0.29, 0.717) is 12.0 Å². The standard InChI is InChI=1S/C12H17NO4S/c1-2-7-18(16,17)13-9-11-5-3-10(4-6-11)8-12(14)15/h3-6,13H,2,7-9H2,1H3,(H,14,15). The molecule has 0 bridgehead atoms. The minimum Gasteiger partial charge on any atom is -0.481 e. The normalized spacial score (nSPS) is 11.4. The van der Waals surface area contributed by atoms with Gasteiger partial charge in [-0.25, -0.2) is 13.1 Å². The first kappa shape index (κ1) is 14.7. The van der Waals surface area contributed by atoms with Crippen molar-refractivity contribution in [3.63, 3.8) is 0 Å². The van der Waals surface area contributed by atoms with Gasteiger partial charge in [0, 0.05) is 6.54 Å². The van der Waals surface area contributed by atoms with E-state index < -0.39 is 16.0 Å². The molecule has 0 unspecified atom stereocenters. The molecule has 1 aromatic rings. The largest absolute Gasteiger partial charge is 0.481 e. The molecule has 0 aliphatic carbocycles. The molecule has 0 fully saturated rings. The average molecular weight is 271 g/mol. The van der Waals surface area contributed by atoms with Crippen LogP contribution in [0.1, 0.15) is 24.5 Å². The Hall–Kier alpha value is -1.40. The maximum Gasteiger partial charge on any atom is 0.307 e. The molecule has 0 saturated heterocycles. The molecule has 5 nitrogen and oxygen atoms in total. The highest BCUT2D eigenvalue weighted by Gasteiger charge is 2.08. The quantitative estimate of drug-likeness (QED) is 0.779. The highest BCUT2D eigenvalue weighted by Crippen LogP contribution is 2.05. The molecular weight excluding hydrogens is 254 g/mol. The molecule has 18 heavy (non-hydrogen) atoms. The predicted octanol–water partition coefficient (Wildman–Crippen LogP) is 1.14. The van der Waals surface area contributed by atoms with E-state index in [9.17, 15) is 13.2 Å². The predicted molar refractivity (Wildman–Crippen MR) is 68.7 cm³/mol. The summed E-state index contributed by atoms with van der Waals surface area (Å²) in [6, 6.07) is 6.84. The van der Waals surface area contributed by atoms with Crippen molar-refractivity contribution in [2.24, 2.45) is 0 Å². The number of sulfonamides is 1. The van der Waals surface area contributed by atoms with E-state index in [2.05, 4.69) is 4.72 Å². The van der Waals surface area contributed by atoms with Crippen LogP contribution in [-0.4, -0.2) is 25.2 Å². The Bertz CT molecular complexity index is 493. The van der Waals surface area contributed by atoms with E-state index in [4.69, 9.17) is 5.11 Å². The Labute approximate surface area is 107 Å². The van der Waals surface area contributed by atoms with E-state index in [1.807, 2.05) is 0 Å². The van der Waals surface area contributed by atoms with Crippen LogP contribution in [0.25, 0.3) is 0 Å². The molecule has 0 radical (unpaired) electrons. The third kappa shape index (κ3) is 5.29.